The summed E-state index contributed by atoms with van der Waals surface area (Å²) in [4.78, 5) is 12.4. The molecule has 24 heavy (non-hydrogen) atoms. The second-order valence-corrected chi connectivity index (χ2v) is 8.71. The van der Waals surface area contributed by atoms with Crippen molar-refractivity contribution in [3.05, 3.63) is 5.89 Å². The first kappa shape index (κ1) is 17.3. The van der Waals surface area contributed by atoms with Crippen LogP contribution in [0.3, 0.4) is 0 Å². The molecule has 1 amide bonds. The predicted molar refractivity (Wildman–Crippen MR) is 87.9 cm³/mol. The van der Waals surface area contributed by atoms with E-state index in [1.807, 2.05) is 0 Å². The summed E-state index contributed by atoms with van der Waals surface area (Å²) in [5.41, 5.74) is 0. The third-order valence-electron chi connectivity index (χ3n) is 4.85. The van der Waals surface area contributed by atoms with Crippen LogP contribution >= 0.6 is 0 Å². The van der Waals surface area contributed by atoms with Crippen LogP contribution < -0.4 is 5.32 Å². The molecule has 1 aromatic rings. The molecule has 1 aliphatic heterocycles. The molecule has 8 nitrogen and oxygen atoms in total. The molecule has 3 rings (SSSR count). The maximum Gasteiger partial charge on any atom is 0.322 e. The predicted octanol–water partition coefficient (Wildman–Crippen LogP) is 1.73. The average Bonchev–Trinajstić information content (AvgIpc) is 3.03. The van der Waals surface area contributed by atoms with E-state index in [-0.39, 0.29) is 24.4 Å². The largest absolute Gasteiger partial charge is 0.408 e. The molecule has 0 spiro atoms. The third kappa shape index (κ3) is 4.13. The van der Waals surface area contributed by atoms with Crippen molar-refractivity contribution in [1.29, 1.82) is 0 Å². The Labute approximate surface area is 142 Å². The van der Waals surface area contributed by atoms with Gasteiger partial charge in [0.25, 0.3) is 0 Å². The first-order valence-corrected chi connectivity index (χ1v) is 10.4. The lowest BCUT2D eigenvalue weighted by atomic mass is 9.89. The zero-order valence-corrected chi connectivity index (χ0v) is 14.7. The van der Waals surface area contributed by atoms with Crippen molar-refractivity contribution in [3.63, 3.8) is 0 Å². The number of piperidine rings is 1. The summed E-state index contributed by atoms with van der Waals surface area (Å²) in [5.74, 6) is 0.222. The van der Waals surface area contributed by atoms with Gasteiger partial charge in [-0.1, -0.05) is 24.4 Å². The quantitative estimate of drug-likeness (QED) is 0.881. The van der Waals surface area contributed by atoms with Crippen LogP contribution in [0.2, 0.25) is 0 Å². The van der Waals surface area contributed by atoms with E-state index in [1.165, 1.54) is 17.0 Å². The SMILES string of the molecule is CS(=O)(=O)N1CCC[C@@H](C(=O)Nc2nnc(C3CCCCC3)o2)C1. The van der Waals surface area contributed by atoms with Crippen molar-refractivity contribution in [3.8, 4) is 0 Å². The van der Waals surface area contributed by atoms with Gasteiger partial charge in [-0.25, -0.2) is 12.7 Å². The zero-order chi connectivity index (χ0) is 17.2. The molecule has 1 aromatic heterocycles. The molecule has 2 aliphatic rings. The first-order chi connectivity index (χ1) is 11.4. The Hall–Kier alpha value is -1.48. The van der Waals surface area contributed by atoms with Crippen molar-refractivity contribution >= 4 is 21.9 Å². The molecule has 1 saturated heterocycles. The van der Waals surface area contributed by atoms with E-state index in [0.717, 1.165) is 25.7 Å². The Morgan fingerprint density at radius 3 is 2.62 bits per heavy atom. The summed E-state index contributed by atoms with van der Waals surface area (Å²) < 4.78 is 30.2. The zero-order valence-electron chi connectivity index (χ0n) is 13.9. The minimum Gasteiger partial charge on any atom is -0.408 e. The lowest BCUT2D eigenvalue weighted by molar-refractivity contribution is -0.121. The van der Waals surface area contributed by atoms with Gasteiger partial charge in [0.2, 0.25) is 21.8 Å². The Morgan fingerprint density at radius 1 is 1.17 bits per heavy atom. The molecule has 0 aromatic carbocycles. The summed E-state index contributed by atoms with van der Waals surface area (Å²) in [6, 6.07) is 0.108. The van der Waals surface area contributed by atoms with Crippen molar-refractivity contribution in [2.24, 2.45) is 5.92 Å². The number of rotatable bonds is 4. The van der Waals surface area contributed by atoms with Crippen molar-refractivity contribution in [1.82, 2.24) is 14.5 Å². The van der Waals surface area contributed by atoms with Gasteiger partial charge in [0, 0.05) is 19.0 Å². The molecule has 9 heteroatoms. The molecule has 1 aliphatic carbocycles. The van der Waals surface area contributed by atoms with Gasteiger partial charge in [0.15, 0.2) is 0 Å². The van der Waals surface area contributed by atoms with Crippen LogP contribution in [0.25, 0.3) is 0 Å². The Kier molecular flexibility index (Phi) is 5.19. The monoisotopic (exact) mass is 356 g/mol. The lowest BCUT2D eigenvalue weighted by Gasteiger charge is -2.29. The molecule has 134 valence electrons. The number of aromatic nitrogens is 2. The second kappa shape index (κ2) is 7.18. The summed E-state index contributed by atoms with van der Waals surface area (Å²) >= 11 is 0. The van der Waals surface area contributed by atoms with Crippen LogP contribution in [-0.4, -0.2) is 48.2 Å². The van der Waals surface area contributed by atoms with Crippen molar-refractivity contribution in [2.45, 2.75) is 50.9 Å². The fraction of sp³-hybridized carbons (Fsp3) is 0.800. The Morgan fingerprint density at radius 2 is 1.92 bits per heavy atom. The number of hydrogen-bond donors (Lipinski definition) is 1. The maximum absolute atomic E-state index is 12.4. The number of hydrogen-bond acceptors (Lipinski definition) is 6. The smallest absolute Gasteiger partial charge is 0.322 e. The molecular weight excluding hydrogens is 332 g/mol. The van der Waals surface area contributed by atoms with Crippen LogP contribution in [-0.2, 0) is 14.8 Å². The number of sulfonamides is 1. The van der Waals surface area contributed by atoms with Crippen LogP contribution in [0.4, 0.5) is 6.01 Å². The van der Waals surface area contributed by atoms with Crippen molar-refractivity contribution < 1.29 is 17.6 Å². The minimum atomic E-state index is -3.27. The van der Waals surface area contributed by atoms with Crippen LogP contribution in [0.1, 0.15) is 56.8 Å². The highest BCUT2D eigenvalue weighted by molar-refractivity contribution is 7.88. The average molecular weight is 356 g/mol. The summed E-state index contributed by atoms with van der Waals surface area (Å²) in [6.07, 6.45) is 8.15. The van der Waals surface area contributed by atoms with Crippen LogP contribution in [0.15, 0.2) is 4.42 Å². The van der Waals surface area contributed by atoms with Crippen molar-refractivity contribution in [2.75, 3.05) is 24.7 Å². The molecule has 2 fully saturated rings. The van der Waals surface area contributed by atoms with Gasteiger partial charge < -0.3 is 4.42 Å². The Balaban J connectivity index is 1.59. The van der Waals surface area contributed by atoms with Gasteiger partial charge >= 0.3 is 6.01 Å². The number of carbonyl (C=O) groups is 1. The summed E-state index contributed by atoms with van der Waals surface area (Å²) in [5, 5.41) is 10.6. The first-order valence-electron chi connectivity index (χ1n) is 8.53. The number of nitrogens with zero attached hydrogens (tertiary/aromatic N) is 3. The van der Waals surface area contributed by atoms with Gasteiger partial charge in [-0.3, -0.25) is 10.1 Å². The van der Waals surface area contributed by atoms with Gasteiger partial charge in [0.05, 0.1) is 12.2 Å². The molecule has 1 N–H and O–H groups in total. The Bertz CT molecular complexity index is 681. The van der Waals surface area contributed by atoms with E-state index in [2.05, 4.69) is 15.5 Å². The number of carbonyl (C=O) groups excluding carboxylic acids is 1. The number of nitrogens with one attached hydrogen (secondary N) is 1. The number of amides is 1. The highest BCUT2D eigenvalue weighted by atomic mass is 32.2. The molecule has 0 bridgehead atoms. The van der Waals surface area contributed by atoms with Gasteiger partial charge in [0.1, 0.15) is 0 Å². The fourth-order valence-electron chi connectivity index (χ4n) is 3.46. The highest BCUT2D eigenvalue weighted by Crippen LogP contribution is 2.32. The molecule has 0 unspecified atom stereocenters. The van der Waals surface area contributed by atoms with Gasteiger partial charge in [-0.15, -0.1) is 5.10 Å². The third-order valence-corrected chi connectivity index (χ3v) is 6.12. The van der Waals surface area contributed by atoms with E-state index in [9.17, 15) is 13.2 Å². The van der Waals surface area contributed by atoms with E-state index in [4.69, 9.17) is 4.42 Å². The van der Waals surface area contributed by atoms with Gasteiger partial charge in [-0.05, 0) is 25.7 Å². The van der Waals surface area contributed by atoms with E-state index < -0.39 is 15.9 Å². The maximum atomic E-state index is 12.4. The summed E-state index contributed by atoms with van der Waals surface area (Å²) in [7, 11) is -3.27. The highest BCUT2D eigenvalue weighted by Gasteiger charge is 2.31. The molecular formula is C15H24N4O4S. The molecule has 2 heterocycles. The second-order valence-electron chi connectivity index (χ2n) is 6.73. The topological polar surface area (TPSA) is 105 Å². The van der Waals surface area contributed by atoms with Crippen LogP contribution in [0.5, 0.6) is 0 Å². The fourth-order valence-corrected chi connectivity index (χ4v) is 4.38. The normalized spacial score (nSPS) is 24.0. The lowest BCUT2D eigenvalue weighted by Crippen LogP contribution is -2.43. The molecule has 1 saturated carbocycles. The van der Waals surface area contributed by atoms with E-state index in [0.29, 0.717) is 25.3 Å². The summed E-state index contributed by atoms with van der Waals surface area (Å²) in [6.45, 7) is 0.670. The molecule has 0 radical (unpaired) electrons. The van der Waals surface area contributed by atoms with E-state index >= 15 is 0 Å². The van der Waals surface area contributed by atoms with Gasteiger partial charge in [-0.2, -0.15) is 0 Å². The standard InChI is InChI=1S/C15H24N4O4S/c1-24(21,22)19-9-5-8-12(10-19)13(20)16-15-18-17-14(23-15)11-6-3-2-4-7-11/h11-12H,2-10H2,1H3,(H,16,18,20)/t12-/m1/s1. The number of anilines is 1. The molecule has 1 atom stereocenters. The van der Waals surface area contributed by atoms with Crippen LogP contribution in [0, 0.1) is 5.92 Å². The van der Waals surface area contributed by atoms with E-state index in [1.54, 1.807) is 0 Å². The minimum absolute atomic E-state index is 0.108.